The highest BCUT2D eigenvalue weighted by Gasteiger charge is 2.32. The van der Waals surface area contributed by atoms with Gasteiger partial charge in [0.2, 0.25) is 0 Å². The van der Waals surface area contributed by atoms with Crippen molar-refractivity contribution >= 4 is 11.8 Å². The van der Waals surface area contributed by atoms with E-state index < -0.39 is 0 Å². The summed E-state index contributed by atoms with van der Waals surface area (Å²) < 4.78 is 0. The van der Waals surface area contributed by atoms with Gasteiger partial charge in [-0.15, -0.1) is 0 Å². The first-order valence-electron chi connectivity index (χ1n) is 5.57. The van der Waals surface area contributed by atoms with Crippen molar-refractivity contribution in [1.29, 1.82) is 0 Å². The van der Waals surface area contributed by atoms with Gasteiger partial charge in [0.1, 0.15) is 0 Å². The van der Waals surface area contributed by atoms with E-state index in [0.29, 0.717) is 6.61 Å². The number of hydrogen-bond donors (Lipinski definition) is 2. The summed E-state index contributed by atoms with van der Waals surface area (Å²) in [5.74, 6) is 1.98. The maximum Gasteiger partial charge on any atom is 0.0613 e. The molecule has 0 bridgehead atoms. The van der Waals surface area contributed by atoms with E-state index in [0.717, 1.165) is 31.1 Å². The van der Waals surface area contributed by atoms with Crippen molar-refractivity contribution < 1.29 is 5.11 Å². The SMILES string of the molecule is CSCCNC1(CO)CCC(C)CC1. The lowest BCUT2D eigenvalue weighted by molar-refractivity contribution is 0.108. The molecule has 1 aliphatic carbocycles. The molecular weight excluding hydrogens is 194 g/mol. The van der Waals surface area contributed by atoms with Crippen LogP contribution in [0.4, 0.5) is 0 Å². The summed E-state index contributed by atoms with van der Waals surface area (Å²) >= 11 is 1.86. The third kappa shape index (κ3) is 3.44. The number of aliphatic hydroxyl groups excluding tert-OH is 1. The van der Waals surface area contributed by atoms with Crippen LogP contribution in [0.1, 0.15) is 32.6 Å². The molecule has 0 aromatic rings. The Labute approximate surface area is 91.9 Å². The van der Waals surface area contributed by atoms with Crippen LogP contribution < -0.4 is 5.32 Å². The van der Waals surface area contributed by atoms with Crippen molar-refractivity contribution in [3.8, 4) is 0 Å². The molecule has 84 valence electrons. The second-order valence-corrected chi connectivity index (χ2v) is 5.53. The van der Waals surface area contributed by atoms with Crippen LogP contribution in [0.2, 0.25) is 0 Å². The van der Waals surface area contributed by atoms with Gasteiger partial charge in [-0.1, -0.05) is 6.92 Å². The van der Waals surface area contributed by atoms with E-state index in [1.807, 2.05) is 11.8 Å². The van der Waals surface area contributed by atoms with Gasteiger partial charge in [0.25, 0.3) is 0 Å². The highest BCUT2D eigenvalue weighted by Crippen LogP contribution is 2.31. The third-order valence-electron chi connectivity index (χ3n) is 3.34. The maximum absolute atomic E-state index is 9.46. The van der Waals surface area contributed by atoms with Gasteiger partial charge in [-0.05, 0) is 37.9 Å². The minimum Gasteiger partial charge on any atom is -0.394 e. The lowest BCUT2D eigenvalue weighted by atomic mass is 9.77. The molecule has 14 heavy (non-hydrogen) atoms. The number of thioether (sulfide) groups is 1. The summed E-state index contributed by atoms with van der Waals surface area (Å²) in [5.41, 5.74) is 0.0439. The molecule has 2 N–H and O–H groups in total. The van der Waals surface area contributed by atoms with Gasteiger partial charge >= 0.3 is 0 Å². The Morgan fingerprint density at radius 2 is 2.07 bits per heavy atom. The van der Waals surface area contributed by atoms with Crippen molar-refractivity contribution in [2.75, 3.05) is 25.2 Å². The van der Waals surface area contributed by atoms with Gasteiger partial charge < -0.3 is 10.4 Å². The average Bonchev–Trinajstić information content (AvgIpc) is 2.22. The van der Waals surface area contributed by atoms with Crippen LogP contribution in [0, 0.1) is 5.92 Å². The van der Waals surface area contributed by atoms with Gasteiger partial charge in [0.15, 0.2) is 0 Å². The molecule has 0 amide bonds. The summed E-state index contributed by atoms with van der Waals surface area (Å²) in [6, 6.07) is 0. The summed E-state index contributed by atoms with van der Waals surface area (Å²) in [7, 11) is 0. The zero-order valence-corrected chi connectivity index (χ0v) is 10.2. The monoisotopic (exact) mass is 217 g/mol. The fraction of sp³-hybridized carbons (Fsp3) is 1.00. The maximum atomic E-state index is 9.46. The number of aliphatic hydroxyl groups is 1. The van der Waals surface area contributed by atoms with Crippen LogP contribution >= 0.6 is 11.8 Å². The lowest BCUT2D eigenvalue weighted by Gasteiger charge is -2.39. The van der Waals surface area contributed by atoms with Gasteiger partial charge in [-0.25, -0.2) is 0 Å². The second-order valence-electron chi connectivity index (χ2n) is 4.54. The molecule has 0 aromatic carbocycles. The number of rotatable bonds is 5. The molecule has 0 heterocycles. The van der Waals surface area contributed by atoms with Crippen LogP contribution in [0.25, 0.3) is 0 Å². The van der Waals surface area contributed by atoms with E-state index >= 15 is 0 Å². The molecule has 1 rings (SSSR count). The van der Waals surface area contributed by atoms with E-state index in [9.17, 15) is 5.11 Å². The topological polar surface area (TPSA) is 32.3 Å². The average molecular weight is 217 g/mol. The summed E-state index contributed by atoms with van der Waals surface area (Å²) in [5, 5.41) is 13.0. The second kappa shape index (κ2) is 5.99. The van der Waals surface area contributed by atoms with E-state index in [-0.39, 0.29) is 5.54 Å². The fourth-order valence-electron chi connectivity index (χ4n) is 2.12. The van der Waals surface area contributed by atoms with Crippen molar-refractivity contribution in [1.82, 2.24) is 5.32 Å². The molecule has 0 spiro atoms. The minimum absolute atomic E-state index is 0.0439. The predicted octanol–water partition coefficient (Wildman–Crippen LogP) is 1.88. The van der Waals surface area contributed by atoms with Gasteiger partial charge in [-0.3, -0.25) is 0 Å². The zero-order valence-electron chi connectivity index (χ0n) is 9.38. The summed E-state index contributed by atoms with van der Waals surface area (Å²) in [6.45, 7) is 3.63. The summed E-state index contributed by atoms with van der Waals surface area (Å²) in [4.78, 5) is 0. The van der Waals surface area contributed by atoms with Crippen LogP contribution in [0.5, 0.6) is 0 Å². The van der Waals surface area contributed by atoms with E-state index in [1.165, 1.54) is 12.8 Å². The van der Waals surface area contributed by atoms with E-state index in [1.54, 1.807) is 0 Å². The van der Waals surface area contributed by atoms with Crippen LogP contribution in [-0.4, -0.2) is 35.8 Å². The van der Waals surface area contributed by atoms with Crippen LogP contribution in [0.3, 0.4) is 0 Å². The molecule has 0 saturated heterocycles. The lowest BCUT2D eigenvalue weighted by Crippen LogP contribution is -2.51. The largest absolute Gasteiger partial charge is 0.394 e. The van der Waals surface area contributed by atoms with E-state index in [4.69, 9.17) is 0 Å². The smallest absolute Gasteiger partial charge is 0.0613 e. The minimum atomic E-state index is 0.0439. The molecule has 0 atom stereocenters. The molecule has 1 fully saturated rings. The Bertz CT molecular complexity index is 155. The Balaban J connectivity index is 2.34. The first-order chi connectivity index (χ1) is 6.72. The molecule has 1 aliphatic rings. The van der Waals surface area contributed by atoms with Crippen molar-refractivity contribution in [2.24, 2.45) is 5.92 Å². The predicted molar refractivity (Wildman–Crippen MR) is 63.8 cm³/mol. The van der Waals surface area contributed by atoms with Gasteiger partial charge in [0, 0.05) is 17.8 Å². The molecule has 3 heteroatoms. The normalized spacial score (nSPS) is 33.2. The van der Waals surface area contributed by atoms with Crippen LogP contribution in [-0.2, 0) is 0 Å². The van der Waals surface area contributed by atoms with Gasteiger partial charge in [-0.2, -0.15) is 11.8 Å². The van der Waals surface area contributed by atoms with Crippen molar-refractivity contribution in [3.05, 3.63) is 0 Å². The fourth-order valence-corrected chi connectivity index (χ4v) is 2.43. The molecular formula is C11H23NOS. The Morgan fingerprint density at radius 1 is 1.43 bits per heavy atom. The van der Waals surface area contributed by atoms with Crippen molar-refractivity contribution in [3.63, 3.8) is 0 Å². The first-order valence-corrected chi connectivity index (χ1v) is 6.97. The van der Waals surface area contributed by atoms with Crippen LogP contribution in [0.15, 0.2) is 0 Å². The highest BCUT2D eigenvalue weighted by molar-refractivity contribution is 7.98. The quantitative estimate of drug-likeness (QED) is 0.690. The Kier molecular flexibility index (Phi) is 5.28. The molecule has 0 unspecified atom stereocenters. The molecule has 0 aliphatic heterocycles. The van der Waals surface area contributed by atoms with Crippen molar-refractivity contribution in [2.45, 2.75) is 38.1 Å². The third-order valence-corrected chi connectivity index (χ3v) is 3.95. The molecule has 1 saturated carbocycles. The van der Waals surface area contributed by atoms with E-state index in [2.05, 4.69) is 18.5 Å². The number of nitrogens with one attached hydrogen (secondary N) is 1. The van der Waals surface area contributed by atoms with Gasteiger partial charge in [0.05, 0.1) is 6.61 Å². The standard InChI is InChI=1S/C11H23NOS/c1-10-3-5-11(9-13,6-4-10)12-7-8-14-2/h10,12-13H,3-9H2,1-2H3. The first kappa shape index (κ1) is 12.3. The summed E-state index contributed by atoms with van der Waals surface area (Å²) in [6.07, 6.45) is 6.91. The zero-order chi connectivity index (χ0) is 10.4. The molecule has 2 nitrogen and oxygen atoms in total. The molecule has 0 radical (unpaired) electrons. The Hall–Kier alpha value is 0.270. The highest BCUT2D eigenvalue weighted by atomic mass is 32.2. The Morgan fingerprint density at radius 3 is 2.57 bits per heavy atom. The number of hydrogen-bond acceptors (Lipinski definition) is 3. The molecule has 0 aromatic heterocycles.